The third-order valence-electron chi connectivity index (χ3n) is 3.18. The van der Waals surface area contributed by atoms with E-state index in [9.17, 15) is 8.78 Å². The third-order valence-corrected chi connectivity index (χ3v) is 3.79. The van der Waals surface area contributed by atoms with Gasteiger partial charge in [0.2, 0.25) is 0 Å². The molecule has 1 N–H and O–H groups in total. The van der Waals surface area contributed by atoms with Crippen LogP contribution in [0.1, 0.15) is 30.6 Å². The Morgan fingerprint density at radius 1 is 1.24 bits per heavy atom. The SMILES string of the molecule is CCCNC(Cc1ccc(F)c(Br)c1)c1ncccc1F. The van der Waals surface area contributed by atoms with E-state index in [4.69, 9.17) is 0 Å². The van der Waals surface area contributed by atoms with Gasteiger partial charge in [-0.15, -0.1) is 0 Å². The van der Waals surface area contributed by atoms with Crippen LogP contribution in [0.3, 0.4) is 0 Å². The summed E-state index contributed by atoms with van der Waals surface area (Å²) in [6, 6.07) is 7.58. The molecule has 5 heteroatoms. The van der Waals surface area contributed by atoms with Crippen LogP contribution in [0.4, 0.5) is 8.78 Å². The number of pyridine rings is 1. The molecule has 0 saturated carbocycles. The number of rotatable bonds is 6. The van der Waals surface area contributed by atoms with Crippen molar-refractivity contribution in [3.8, 4) is 0 Å². The Hall–Kier alpha value is -1.33. The molecule has 2 nitrogen and oxygen atoms in total. The van der Waals surface area contributed by atoms with Gasteiger partial charge in [-0.05, 0) is 65.1 Å². The average Bonchev–Trinajstić information content (AvgIpc) is 2.48. The highest BCUT2D eigenvalue weighted by atomic mass is 79.9. The molecule has 1 heterocycles. The summed E-state index contributed by atoms with van der Waals surface area (Å²) in [5.41, 5.74) is 1.31. The molecular formula is C16H17BrF2N2. The molecule has 1 atom stereocenters. The highest BCUT2D eigenvalue weighted by molar-refractivity contribution is 9.10. The zero-order valence-corrected chi connectivity index (χ0v) is 13.3. The monoisotopic (exact) mass is 354 g/mol. The second-order valence-corrected chi connectivity index (χ2v) is 5.68. The van der Waals surface area contributed by atoms with Gasteiger partial charge in [0, 0.05) is 6.20 Å². The summed E-state index contributed by atoms with van der Waals surface area (Å²) >= 11 is 3.17. The minimum Gasteiger partial charge on any atom is -0.308 e. The van der Waals surface area contributed by atoms with Crippen LogP contribution in [0, 0.1) is 11.6 Å². The van der Waals surface area contributed by atoms with E-state index in [1.165, 1.54) is 12.1 Å². The maximum atomic E-state index is 13.9. The minimum absolute atomic E-state index is 0.233. The van der Waals surface area contributed by atoms with Crippen molar-refractivity contribution in [1.82, 2.24) is 10.3 Å². The van der Waals surface area contributed by atoms with Crippen molar-refractivity contribution in [2.24, 2.45) is 0 Å². The van der Waals surface area contributed by atoms with Crippen molar-refractivity contribution in [1.29, 1.82) is 0 Å². The first-order chi connectivity index (χ1) is 10.1. The van der Waals surface area contributed by atoms with Crippen LogP contribution in [0.25, 0.3) is 0 Å². The minimum atomic E-state index is -0.327. The Morgan fingerprint density at radius 3 is 2.71 bits per heavy atom. The predicted molar refractivity (Wildman–Crippen MR) is 83.0 cm³/mol. The predicted octanol–water partition coefficient (Wildman–Crippen LogP) is 4.41. The summed E-state index contributed by atoms with van der Waals surface area (Å²) in [4.78, 5) is 4.14. The molecule has 0 radical (unpaired) electrons. The van der Waals surface area contributed by atoms with Crippen molar-refractivity contribution in [3.63, 3.8) is 0 Å². The highest BCUT2D eigenvalue weighted by Gasteiger charge is 2.17. The fourth-order valence-electron chi connectivity index (χ4n) is 2.14. The zero-order valence-electron chi connectivity index (χ0n) is 11.7. The van der Waals surface area contributed by atoms with E-state index < -0.39 is 0 Å². The molecule has 0 aliphatic heterocycles. The van der Waals surface area contributed by atoms with Gasteiger partial charge in [0.1, 0.15) is 11.6 Å². The first-order valence-corrected chi connectivity index (χ1v) is 7.68. The smallest absolute Gasteiger partial charge is 0.146 e. The molecule has 1 aromatic carbocycles. The Balaban J connectivity index is 2.24. The summed E-state index contributed by atoms with van der Waals surface area (Å²) in [7, 11) is 0. The number of benzene rings is 1. The molecule has 2 aromatic rings. The molecule has 21 heavy (non-hydrogen) atoms. The molecule has 0 fully saturated rings. The summed E-state index contributed by atoms with van der Waals surface area (Å²) in [6.07, 6.45) is 3.07. The lowest BCUT2D eigenvalue weighted by Gasteiger charge is -2.19. The fourth-order valence-corrected chi connectivity index (χ4v) is 2.57. The van der Waals surface area contributed by atoms with Crippen LogP contribution in [-0.4, -0.2) is 11.5 Å². The quantitative estimate of drug-likeness (QED) is 0.831. The van der Waals surface area contributed by atoms with Crippen LogP contribution in [0.15, 0.2) is 41.0 Å². The molecule has 0 spiro atoms. The molecule has 0 aliphatic carbocycles. The van der Waals surface area contributed by atoms with E-state index in [-0.39, 0.29) is 17.7 Å². The Morgan fingerprint density at radius 2 is 2.05 bits per heavy atom. The molecule has 2 rings (SSSR count). The first-order valence-electron chi connectivity index (χ1n) is 6.89. The van der Waals surface area contributed by atoms with Gasteiger partial charge in [0.25, 0.3) is 0 Å². The van der Waals surface area contributed by atoms with Crippen molar-refractivity contribution in [2.45, 2.75) is 25.8 Å². The number of hydrogen-bond donors (Lipinski definition) is 1. The number of aromatic nitrogens is 1. The average molecular weight is 355 g/mol. The lowest BCUT2D eigenvalue weighted by molar-refractivity contribution is 0.482. The van der Waals surface area contributed by atoms with Gasteiger partial charge in [-0.1, -0.05) is 13.0 Å². The van der Waals surface area contributed by atoms with Crippen molar-refractivity contribution < 1.29 is 8.78 Å². The number of nitrogens with one attached hydrogen (secondary N) is 1. The maximum absolute atomic E-state index is 13.9. The van der Waals surface area contributed by atoms with Crippen LogP contribution < -0.4 is 5.32 Å². The lowest BCUT2D eigenvalue weighted by Crippen LogP contribution is -2.26. The van der Waals surface area contributed by atoms with Gasteiger partial charge in [0.05, 0.1) is 16.2 Å². The first kappa shape index (κ1) is 16.0. The molecule has 0 saturated heterocycles. The molecule has 112 valence electrons. The second kappa shape index (κ2) is 7.61. The van der Waals surface area contributed by atoms with Crippen LogP contribution in [-0.2, 0) is 6.42 Å². The van der Waals surface area contributed by atoms with E-state index in [0.717, 1.165) is 18.5 Å². The standard InChI is InChI=1S/C16H17BrF2N2/c1-2-7-20-15(16-14(19)4-3-8-21-16)10-11-5-6-13(18)12(17)9-11/h3-6,8-9,15,20H,2,7,10H2,1H3. The van der Waals surface area contributed by atoms with Crippen molar-refractivity contribution in [3.05, 3.63) is 63.9 Å². The van der Waals surface area contributed by atoms with E-state index in [2.05, 4.69) is 26.2 Å². The van der Waals surface area contributed by atoms with Crippen molar-refractivity contribution >= 4 is 15.9 Å². The van der Waals surface area contributed by atoms with Crippen LogP contribution in [0.2, 0.25) is 0 Å². The third kappa shape index (κ3) is 4.32. The molecule has 1 unspecified atom stereocenters. The van der Waals surface area contributed by atoms with Crippen LogP contribution in [0.5, 0.6) is 0 Å². The van der Waals surface area contributed by atoms with Gasteiger partial charge in [0.15, 0.2) is 0 Å². The summed E-state index contributed by atoms with van der Waals surface area (Å²) in [5, 5.41) is 3.30. The zero-order chi connectivity index (χ0) is 15.2. The molecule has 0 amide bonds. The fraction of sp³-hybridized carbons (Fsp3) is 0.312. The summed E-state index contributed by atoms with van der Waals surface area (Å²) in [6.45, 7) is 2.82. The van der Waals surface area contributed by atoms with Gasteiger partial charge in [-0.25, -0.2) is 8.78 Å². The lowest BCUT2D eigenvalue weighted by atomic mass is 10.0. The largest absolute Gasteiger partial charge is 0.308 e. The molecule has 1 aromatic heterocycles. The number of nitrogens with zero attached hydrogens (tertiary/aromatic N) is 1. The van der Waals surface area contributed by atoms with Gasteiger partial charge >= 0.3 is 0 Å². The Kier molecular flexibility index (Phi) is 5.82. The summed E-state index contributed by atoms with van der Waals surface area (Å²) < 4.78 is 27.6. The Labute approximate surface area is 131 Å². The highest BCUT2D eigenvalue weighted by Crippen LogP contribution is 2.23. The molecular weight excluding hydrogens is 338 g/mol. The summed E-state index contributed by atoms with van der Waals surface area (Å²) in [5.74, 6) is -0.631. The topological polar surface area (TPSA) is 24.9 Å². The Bertz CT molecular complexity index is 605. The van der Waals surface area contributed by atoms with Gasteiger partial charge in [-0.2, -0.15) is 0 Å². The van der Waals surface area contributed by atoms with E-state index >= 15 is 0 Å². The van der Waals surface area contributed by atoms with Crippen molar-refractivity contribution in [2.75, 3.05) is 6.54 Å². The number of halogens is 3. The molecule has 0 bridgehead atoms. The van der Waals surface area contributed by atoms with E-state index in [1.807, 2.05) is 6.92 Å². The molecule has 0 aliphatic rings. The second-order valence-electron chi connectivity index (χ2n) is 4.83. The normalized spacial score (nSPS) is 12.4. The van der Waals surface area contributed by atoms with Gasteiger partial charge < -0.3 is 5.32 Å². The van der Waals surface area contributed by atoms with E-state index in [0.29, 0.717) is 16.6 Å². The maximum Gasteiger partial charge on any atom is 0.146 e. The van der Waals surface area contributed by atoms with E-state index in [1.54, 1.807) is 24.4 Å². The number of hydrogen-bond acceptors (Lipinski definition) is 2. The van der Waals surface area contributed by atoms with Gasteiger partial charge in [-0.3, -0.25) is 4.98 Å². The van der Waals surface area contributed by atoms with Crippen LogP contribution >= 0.6 is 15.9 Å².